The summed E-state index contributed by atoms with van der Waals surface area (Å²) in [5.74, 6) is -0.765. The summed E-state index contributed by atoms with van der Waals surface area (Å²) in [6.07, 6.45) is 5.91. The molecule has 1 aromatic heterocycles. The van der Waals surface area contributed by atoms with Crippen LogP contribution in [0.3, 0.4) is 0 Å². The number of fused-ring (bicyclic) bond motifs is 1. The number of carbonyl (C=O) groups is 1. The van der Waals surface area contributed by atoms with Crippen LogP contribution in [-0.4, -0.2) is 15.6 Å². The molecule has 1 aliphatic rings. The number of aliphatic carboxylic acids is 1. The third-order valence-electron chi connectivity index (χ3n) is 3.63. The zero-order chi connectivity index (χ0) is 11.8. The van der Waals surface area contributed by atoms with Crippen LogP contribution in [0.25, 0.3) is 10.9 Å². The molecule has 17 heavy (non-hydrogen) atoms. The molecule has 0 radical (unpaired) electrons. The van der Waals surface area contributed by atoms with Gasteiger partial charge in [0.15, 0.2) is 0 Å². The molecule has 1 heterocycles. The lowest BCUT2D eigenvalue weighted by Gasteiger charge is -2.28. The molecule has 1 N–H and O–H groups in total. The number of carboxylic acid groups (broad SMARTS) is 1. The third-order valence-corrected chi connectivity index (χ3v) is 3.63. The van der Waals surface area contributed by atoms with Gasteiger partial charge in [-0.3, -0.25) is 4.79 Å². The molecule has 0 bridgehead atoms. The van der Waals surface area contributed by atoms with Crippen LogP contribution in [0.2, 0.25) is 0 Å². The van der Waals surface area contributed by atoms with E-state index in [1.807, 2.05) is 12.1 Å². The lowest BCUT2D eigenvalue weighted by Crippen LogP contribution is -2.16. The summed E-state index contributed by atoms with van der Waals surface area (Å²) in [7, 11) is 0. The Morgan fingerprint density at radius 2 is 2.18 bits per heavy atom. The molecule has 0 saturated heterocycles. The highest BCUT2D eigenvalue weighted by Crippen LogP contribution is 2.35. The van der Waals surface area contributed by atoms with Crippen molar-refractivity contribution in [2.24, 2.45) is 0 Å². The second-order valence-electron chi connectivity index (χ2n) is 4.73. The van der Waals surface area contributed by atoms with Crippen LogP contribution in [-0.2, 0) is 11.2 Å². The van der Waals surface area contributed by atoms with Crippen LogP contribution in [0, 0.1) is 0 Å². The molecule has 3 heteroatoms. The van der Waals surface area contributed by atoms with Crippen molar-refractivity contribution in [3.63, 3.8) is 0 Å². The van der Waals surface area contributed by atoms with Gasteiger partial charge >= 0.3 is 5.97 Å². The fourth-order valence-electron chi connectivity index (χ4n) is 2.57. The molecular formula is C14H15NO2. The molecule has 0 spiro atoms. The van der Waals surface area contributed by atoms with E-state index in [1.54, 1.807) is 0 Å². The van der Waals surface area contributed by atoms with E-state index in [1.165, 1.54) is 19.3 Å². The molecule has 1 aliphatic carbocycles. The minimum Gasteiger partial charge on any atom is -0.481 e. The van der Waals surface area contributed by atoms with Crippen molar-refractivity contribution < 1.29 is 9.90 Å². The van der Waals surface area contributed by atoms with Gasteiger partial charge in [0.2, 0.25) is 0 Å². The quantitative estimate of drug-likeness (QED) is 0.879. The number of hydrogen-bond acceptors (Lipinski definition) is 1. The van der Waals surface area contributed by atoms with Crippen LogP contribution in [0.1, 0.15) is 30.9 Å². The van der Waals surface area contributed by atoms with Gasteiger partial charge in [-0.2, -0.15) is 0 Å². The average Bonchev–Trinajstić information content (AvgIpc) is 2.60. The van der Waals surface area contributed by atoms with Crippen molar-refractivity contribution in [1.29, 1.82) is 0 Å². The SMILES string of the molecule is O=C(O)Cc1cccc2ccn(C3CCC3)c12. The Balaban J connectivity index is 2.13. The molecule has 0 aliphatic heterocycles. The maximum absolute atomic E-state index is 10.9. The van der Waals surface area contributed by atoms with Crippen molar-refractivity contribution in [3.8, 4) is 0 Å². The molecule has 0 amide bonds. The van der Waals surface area contributed by atoms with E-state index >= 15 is 0 Å². The Bertz CT molecular complexity index is 567. The monoisotopic (exact) mass is 229 g/mol. The standard InChI is InChI=1S/C14H15NO2/c16-13(17)9-11-4-1-3-10-7-8-15(14(10)11)12-5-2-6-12/h1,3-4,7-8,12H,2,5-6,9H2,(H,16,17). The zero-order valence-corrected chi connectivity index (χ0v) is 9.60. The maximum atomic E-state index is 10.9. The van der Waals surface area contributed by atoms with E-state index in [2.05, 4.69) is 22.9 Å². The van der Waals surface area contributed by atoms with Crippen molar-refractivity contribution in [2.75, 3.05) is 0 Å². The second kappa shape index (κ2) is 3.91. The first-order valence-corrected chi connectivity index (χ1v) is 6.06. The number of carboxylic acids is 1. The fourth-order valence-corrected chi connectivity index (χ4v) is 2.57. The van der Waals surface area contributed by atoms with Crippen molar-refractivity contribution in [2.45, 2.75) is 31.7 Å². The van der Waals surface area contributed by atoms with Gasteiger partial charge in [-0.1, -0.05) is 18.2 Å². The van der Waals surface area contributed by atoms with E-state index in [9.17, 15) is 4.79 Å². The highest BCUT2D eigenvalue weighted by molar-refractivity contribution is 5.86. The minimum atomic E-state index is -0.765. The van der Waals surface area contributed by atoms with Gasteiger partial charge in [0.1, 0.15) is 0 Å². The predicted octanol–water partition coefficient (Wildman–Crippen LogP) is 2.99. The smallest absolute Gasteiger partial charge is 0.307 e. The van der Waals surface area contributed by atoms with Gasteiger partial charge in [0.05, 0.1) is 11.9 Å². The van der Waals surface area contributed by atoms with Crippen molar-refractivity contribution >= 4 is 16.9 Å². The normalized spacial score (nSPS) is 16.0. The van der Waals surface area contributed by atoms with Crippen LogP contribution < -0.4 is 0 Å². The summed E-state index contributed by atoms with van der Waals surface area (Å²) in [6.45, 7) is 0. The lowest BCUT2D eigenvalue weighted by atomic mass is 9.92. The zero-order valence-electron chi connectivity index (χ0n) is 9.60. The molecule has 3 nitrogen and oxygen atoms in total. The first-order valence-electron chi connectivity index (χ1n) is 6.06. The van der Waals surface area contributed by atoms with Gasteiger partial charge in [-0.05, 0) is 36.3 Å². The molecule has 3 rings (SSSR count). The number of nitrogens with zero attached hydrogens (tertiary/aromatic N) is 1. The second-order valence-corrected chi connectivity index (χ2v) is 4.73. The van der Waals surface area contributed by atoms with Crippen LogP contribution in [0.15, 0.2) is 30.5 Å². The summed E-state index contributed by atoms with van der Waals surface area (Å²) in [5, 5.41) is 10.1. The van der Waals surface area contributed by atoms with E-state index in [0.29, 0.717) is 6.04 Å². The van der Waals surface area contributed by atoms with E-state index < -0.39 is 5.97 Å². The molecule has 0 unspecified atom stereocenters. The van der Waals surface area contributed by atoms with Crippen LogP contribution in [0.5, 0.6) is 0 Å². The molecule has 1 aromatic carbocycles. The average molecular weight is 229 g/mol. The van der Waals surface area contributed by atoms with Gasteiger partial charge in [-0.25, -0.2) is 0 Å². The Kier molecular flexibility index (Phi) is 2.39. The fraction of sp³-hybridized carbons (Fsp3) is 0.357. The number of rotatable bonds is 3. The van der Waals surface area contributed by atoms with Crippen LogP contribution >= 0.6 is 0 Å². The first-order chi connectivity index (χ1) is 8.25. The number of aromatic nitrogens is 1. The molecule has 0 atom stereocenters. The summed E-state index contributed by atoms with van der Waals surface area (Å²) in [4.78, 5) is 10.9. The largest absolute Gasteiger partial charge is 0.481 e. The van der Waals surface area contributed by atoms with Crippen LogP contribution in [0.4, 0.5) is 0 Å². The number of hydrogen-bond donors (Lipinski definition) is 1. The summed E-state index contributed by atoms with van der Waals surface area (Å²) < 4.78 is 2.26. The van der Waals surface area contributed by atoms with Crippen molar-refractivity contribution in [1.82, 2.24) is 4.57 Å². The van der Waals surface area contributed by atoms with E-state index in [0.717, 1.165) is 16.5 Å². The summed E-state index contributed by atoms with van der Waals surface area (Å²) in [5.41, 5.74) is 2.03. The topological polar surface area (TPSA) is 42.2 Å². The predicted molar refractivity (Wildman–Crippen MR) is 66.2 cm³/mol. The van der Waals surface area contributed by atoms with Crippen molar-refractivity contribution in [3.05, 3.63) is 36.0 Å². The van der Waals surface area contributed by atoms with Gasteiger partial charge < -0.3 is 9.67 Å². The summed E-state index contributed by atoms with van der Waals surface area (Å²) >= 11 is 0. The lowest BCUT2D eigenvalue weighted by molar-refractivity contribution is -0.136. The van der Waals surface area contributed by atoms with Gasteiger partial charge in [0, 0.05) is 12.2 Å². The molecular weight excluding hydrogens is 214 g/mol. The Hall–Kier alpha value is -1.77. The van der Waals surface area contributed by atoms with E-state index in [4.69, 9.17) is 5.11 Å². The Morgan fingerprint density at radius 1 is 1.35 bits per heavy atom. The van der Waals surface area contributed by atoms with Gasteiger partial charge in [0.25, 0.3) is 0 Å². The van der Waals surface area contributed by atoms with E-state index in [-0.39, 0.29) is 6.42 Å². The Labute approximate surface area is 99.7 Å². The number of benzene rings is 1. The highest BCUT2D eigenvalue weighted by Gasteiger charge is 2.21. The third kappa shape index (κ3) is 1.71. The first kappa shape index (κ1) is 10.4. The molecule has 1 fully saturated rings. The summed E-state index contributed by atoms with van der Waals surface area (Å²) in [6, 6.07) is 8.56. The Morgan fingerprint density at radius 3 is 2.82 bits per heavy atom. The molecule has 88 valence electrons. The molecule has 2 aromatic rings. The highest BCUT2D eigenvalue weighted by atomic mass is 16.4. The molecule has 1 saturated carbocycles. The minimum absolute atomic E-state index is 0.105. The van der Waals surface area contributed by atoms with Gasteiger partial charge in [-0.15, -0.1) is 0 Å². The maximum Gasteiger partial charge on any atom is 0.307 e. The number of para-hydroxylation sites is 1.